The SMILES string of the molecule is COc1ccccc1CCC(=O)N1CCCC(CO)C1. The van der Waals surface area contributed by atoms with Crippen LogP contribution < -0.4 is 4.74 Å². The monoisotopic (exact) mass is 277 g/mol. The fraction of sp³-hybridized carbons (Fsp3) is 0.562. The second-order valence-corrected chi connectivity index (χ2v) is 5.34. The predicted molar refractivity (Wildman–Crippen MR) is 77.7 cm³/mol. The van der Waals surface area contributed by atoms with Gasteiger partial charge in [-0.25, -0.2) is 0 Å². The van der Waals surface area contributed by atoms with Crippen molar-refractivity contribution in [3.8, 4) is 5.75 Å². The number of ether oxygens (including phenoxy) is 1. The highest BCUT2D eigenvalue weighted by Gasteiger charge is 2.22. The first-order chi connectivity index (χ1) is 9.74. The van der Waals surface area contributed by atoms with E-state index in [1.165, 1.54) is 0 Å². The number of piperidine rings is 1. The smallest absolute Gasteiger partial charge is 0.222 e. The lowest BCUT2D eigenvalue weighted by Gasteiger charge is -2.32. The number of aliphatic hydroxyl groups excluding tert-OH is 1. The quantitative estimate of drug-likeness (QED) is 0.893. The van der Waals surface area contributed by atoms with Crippen molar-refractivity contribution < 1.29 is 14.6 Å². The molecule has 0 radical (unpaired) electrons. The van der Waals surface area contributed by atoms with Gasteiger partial charge in [-0.2, -0.15) is 0 Å². The molecule has 1 fully saturated rings. The zero-order valence-corrected chi connectivity index (χ0v) is 12.0. The van der Waals surface area contributed by atoms with Gasteiger partial charge in [0.1, 0.15) is 5.75 Å². The Hall–Kier alpha value is -1.55. The number of aliphatic hydroxyl groups is 1. The number of likely N-dealkylation sites (tertiary alicyclic amines) is 1. The Morgan fingerprint density at radius 2 is 2.25 bits per heavy atom. The molecule has 1 saturated heterocycles. The van der Waals surface area contributed by atoms with Crippen LogP contribution in [0.2, 0.25) is 0 Å². The molecule has 1 unspecified atom stereocenters. The van der Waals surface area contributed by atoms with Gasteiger partial charge in [-0.3, -0.25) is 4.79 Å². The van der Waals surface area contributed by atoms with E-state index in [-0.39, 0.29) is 18.4 Å². The Kier molecular flexibility index (Phi) is 5.41. The number of rotatable bonds is 5. The first-order valence-corrected chi connectivity index (χ1v) is 7.25. The summed E-state index contributed by atoms with van der Waals surface area (Å²) in [5.74, 6) is 1.26. The number of aryl methyl sites for hydroxylation is 1. The highest BCUT2D eigenvalue weighted by molar-refractivity contribution is 5.76. The molecule has 1 amide bonds. The standard InChI is InChI=1S/C16H23NO3/c1-20-15-7-3-2-6-14(15)8-9-16(19)17-10-4-5-13(11-17)12-18/h2-3,6-7,13,18H,4-5,8-12H2,1H3. The number of hydrogen-bond donors (Lipinski definition) is 1. The minimum Gasteiger partial charge on any atom is -0.496 e. The number of methoxy groups -OCH3 is 1. The molecule has 2 rings (SSSR count). The van der Waals surface area contributed by atoms with Crippen LogP contribution in [-0.2, 0) is 11.2 Å². The normalized spacial score (nSPS) is 18.9. The van der Waals surface area contributed by atoms with Crippen LogP contribution in [0.15, 0.2) is 24.3 Å². The summed E-state index contributed by atoms with van der Waals surface area (Å²) in [6, 6.07) is 7.81. The molecule has 20 heavy (non-hydrogen) atoms. The number of carbonyl (C=O) groups excluding carboxylic acids is 1. The van der Waals surface area contributed by atoms with Crippen LogP contribution >= 0.6 is 0 Å². The van der Waals surface area contributed by atoms with Crippen LogP contribution in [0.25, 0.3) is 0 Å². The van der Waals surface area contributed by atoms with Crippen LogP contribution in [0.1, 0.15) is 24.8 Å². The lowest BCUT2D eigenvalue weighted by molar-refractivity contribution is -0.133. The molecule has 1 aliphatic rings. The Labute approximate surface area is 120 Å². The van der Waals surface area contributed by atoms with Crippen molar-refractivity contribution in [3.05, 3.63) is 29.8 Å². The third kappa shape index (κ3) is 3.73. The van der Waals surface area contributed by atoms with E-state index in [4.69, 9.17) is 4.74 Å². The molecule has 0 saturated carbocycles. The number of para-hydroxylation sites is 1. The summed E-state index contributed by atoms with van der Waals surface area (Å²) in [7, 11) is 1.65. The zero-order valence-electron chi connectivity index (χ0n) is 12.0. The number of benzene rings is 1. The van der Waals surface area contributed by atoms with Gasteiger partial charge < -0.3 is 14.7 Å². The van der Waals surface area contributed by atoms with Crippen molar-refractivity contribution in [2.75, 3.05) is 26.8 Å². The maximum Gasteiger partial charge on any atom is 0.222 e. The topological polar surface area (TPSA) is 49.8 Å². The molecule has 0 spiro atoms. The van der Waals surface area contributed by atoms with Crippen molar-refractivity contribution in [2.45, 2.75) is 25.7 Å². The summed E-state index contributed by atoms with van der Waals surface area (Å²) in [6.45, 7) is 1.69. The summed E-state index contributed by atoms with van der Waals surface area (Å²) in [5.41, 5.74) is 1.07. The second-order valence-electron chi connectivity index (χ2n) is 5.34. The van der Waals surface area contributed by atoms with Gasteiger partial charge in [-0.05, 0) is 36.8 Å². The molecule has 1 heterocycles. The van der Waals surface area contributed by atoms with Crippen LogP contribution in [0.5, 0.6) is 5.75 Å². The van der Waals surface area contributed by atoms with E-state index in [9.17, 15) is 9.90 Å². The van der Waals surface area contributed by atoms with Gasteiger partial charge in [0.25, 0.3) is 0 Å². The van der Waals surface area contributed by atoms with Gasteiger partial charge in [0.2, 0.25) is 5.91 Å². The lowest BCUT2D eigenvalue weighted by Crippen LogP contribution is -2.41. The lowest BCUT2D eigenvalue weighted by atomic mass is 9.98. The van der Waals surface area contributed by atoms with E-state index in [0.29, 0.717) is 19.4 Å². The molecule has 0 aromatic heterocycles. The van der Waals surface area contributed by atoms with Crippen molar-refractivity contribution in [1.29, 1.82) is 0 Å². The maximum absolute atomic E-state index is 12.2. The van der Waals surface area contributed by atoms with Gasteiger partial charge in [0.05, 0.1) is 7.11 Å². The molecular formula is C16H23NO3. The Morgan fingerprint density at radius 3 is 3.00 bits per heavy atom. The van der Waals surface area contributed by atoms with Gasteiger partial charge in [0.15, 0.2) is 0 Å². The Bertz CT molecular complexity index is 447. The Morgan fingerprint density at radius 1 is 1.45 bits per heavy atom. The van der Waals surface area contributed by atoms with Gasteiger partial charge in [-0.1, -0.05) is 18.2 Å². The molecule has 0 bridgehead atoms. The van der Waals surface area contributed by atoms with E-state index in [1.54, 1.807) is 7.11 Å². The van der Waals surface area contributed by atoms with Crippen molar-refractivity contribution >= 4 is 5.91 Å². The van der Waals surface area contributed by atoms with E-state index in [2.05, 4.69) is 0 Å². The van der Waals surface area contributed by atoms with Gasteiger partial charge in [0, 0.05) is 26.1 Å². The third-order valence-corrected chi connectivity index (χ3v) is 3.93. The highest BCUT2D eigenvalue weighted by atomic mass is 16.5. The molecule has 1 N–H and O–H groups in total. The van der Waals surface area contributed by atoms with Crippen LogP contribution in [-0.4, -0.2) is 42.7 Å². The predicted octanol–water partition coefficient (Wildman–Crippen LogP) is 1.86. The average Bonchev–Trinajstić information content (AvgIpc) is 2.52. The number of carbonyl (C=O) groups is 1. The number of nitrogens with zero attached hydrogens (tertiary/aromatic N) is 1. The molecule has 0 aliphatic carbocycles. The first-order valence-electron chi connectivity index (χ1n) is 7.25. The summed E-state index contributed by atoms with van der Waals surface area (Å²) >= 11 is 0. The fourth-order valence-corrected chi connectivity index (χ4v) is 2.75. The largest absolute Gasteiger partial charge is 0.496 e. The second kappa shape index (κ2) is 7.29. The average molecular weight is 277 g/mol. The summed E-state index contributed by atoms with van der Waals surface area (Å²) in [6.07, 6.45) is 3.21. The van der Waals surface area contributed by atoms with Crippen LogP contribution in [0.4, 0.5) is 0 Å². The number of hydrogen-bond acceptors (Lipinski definition) is 3. The van der Waals surface area contributed by atoms with Crippen LogP contribution in [0.3, 0.4) is 0 Å². The van der Waals surface area contributed by atoms with E-state index >= 15 is 0 Å². The molecule has 4 nitrogen and oxygen atoms in total. The third-order valence-electron chi connectivity index (χ3n) is 3.93. The maximum atomic E-state index is 12.2. The molecule has 1 aliphatic heterocycles. The first kappa shape index (κ1) is 14.9. The minimum atomic E-state index is 0.175. The number of amides is 1. The Balaban J connectivity index is 1.88. The highest BCUT2D eigenvalue weighted by Crippen LogP contribution is 2.21. The molecule has 1 aromatic carbocycles. The van der Waals surface area contributed by atoms with E-state index < -0.39 is 0 Å². The summed E-state index contributed by atoms with van der Waals surface area (Å²) in [4.78, 5) is 14.1. The van der Waals surface area contributed by atoms with Crippen molar-refractivity contribution in [2.24, 2.45) is 5.92 Å². The molecular weight excluding hydrogens is 254 g/mol. The molecule has 1 atom stereocenters. The van der Waals surface area contributed by atoms with Crippen molar-refractivity contribution in [3.63, 3.8) is 0 Å². The molecule has 1 aromatic rings. The fourth-order valence-electron chi connectivity index (χ4n) is 2.75. The van der Waals surface area contributed by atoms with Crippen LogP contribution in [0, 0.1) is 5.92 Å². The van der Waals surface area contributed by atoms with E-state index in [0.717, 1.165) is 30.7 Å². The van der Waals surface area contributed by atoms with Gasteiger partial charge >= 0.3 is 0 Å². The van der Waals surface area contributed by atoms with Crippen molar-refractivity contribution in [1.82, 2.24) is 4.90 Å². The summed E-state index contributed by atoms with van der Waals surface area (Å²) in [5, 5.41) is 9.21. The molecule has 4 heteroatoms. The van der Waals surface area contributed by atoms with E-state index in [1.807, 2.05) is 29.2 Å². The summed E-state index contributed by atoms with van der Waals surface area (Å²) < 4.78 is 5.30. The molecule has 110 valence electrons. The minimum absolute atomic E-state index is 0.175. The zero-order chi connectivity index (χ0) is 14.4. The van der Waals surface area contributed by atoms with Gasteiger partial charge in [-0.15, -0.1) is 0 Å².